The molecule has 0 saturated carbocycles. The molecule has 2 aromatic carbocycles. The molecule has 0 atom stereocenters. The summed E-state index contributed by atoms with van der Waals surface area (Å²) >= 11 is 3.58. The van der Waals surface area contributed by atoms with Gasteiger partial charge in [0.25, 0.3) is 0 Å². The Kier molecular flexibility index (Phi) is 4.28. The van der Waals surface area contributed by atoms with Crippen LogP contribution in [0.2, 0.25) is 0 Å². The summed E-state index contributed by atoms with van der Waals surface area (Å²) in [6, 6.07) is 14.4. The summed E-state index contributed by atoms with van der Waals surface area (Å²) in [6.07, 6.45) is 3.34. The zero-order chi connectivity index (χ0) is 18.2. The van der Waals surface area contributed by atoms with Gasteiger partial charge in [0.05, 0.1) is 11.4 Å². The zero-order valence-corrected chi connectivity index (χ0v) is 16.5. The van der Waals surface area contributed by atoms with Crippen molar-refractivity contribution in [2.75, 3.05) is 25.1 Å². The molecule has 0 bridgehead atoms. The van der Waals surface area contributed by atoms with Crippen LogP contribution in [0, 0.1) is 0 Å². The molecule has 2 aliphatic rings. The molecule has 0 spiro atoms. The lowest BCUT2D eigenvalue weighted by Crippen LogP contribution is -2.15. The van der Waals surface area contributed by atoms with Crippen LogP contribution in [0.15, 0.2) is 46.9 Å². The number of nitrogens with zero attached hydrogens (tertiary/aromatic N) is 2. The Morgan fingerprint density at radius 1 is 1.00 bits per heavy atom. The molecule has 0 saturated heterocycles. The van der Waals surface area contributed by atoms with Gasteiger partial charge in [0.2, 0.25) is 0 Å². The Labute approximate surface area is 166 Å². The Bertz CT molecular complexity index is 999. The third-order valence-electron chi connectivity index (χ3n) is 5.00. The van der Waals surface area contributed by atoms with Crippen molar-refractivity contribution in [2.24, 2.45) is 0 Å². The summed E-state index contributed by atoms with van der Waals surface area (Å²) in [5.74, 6) is 2.66. The molecule has 3 aromatic rings. The van der Waals surface area contributed by atoms with E-state index in [1.165, 1.54) is 5.56 Å². The molecule has 5 nitrogen and oxygen atoms in total. The van der Waals surface area contributed by atoms with E-state index in [1.54, 1.807) is 0 Å². The third kappa shape index (κ3) is 3.08. The molecule has 3 heterocycles. The predicted molar refractivity (Wildman–Crippen MR) is 109 cm³/mol. The minimum atomic E-state index is 0.579. The van der Waals surface area contributed by atoms with Gasteiger partial charge in [-0.25, -0.2) is 4.68 Å². The van der Waals surface area contributed by atoms with Crippen molar-refractivity contribution in [1.82, 2.24) is 9.78 Å². The molecule has 6 heteroatoms. The summed E-state index contributed by atoms with van der Waals surface area (Å²) in [5.41, 5.74) is 4.42. The van der Waals surface area contributed by atoms with E-state index in [4.69, 9.17) is 14.6 Å². The van der Waals surface area contributed by atoms with Crippen molar-refractivity contribution in [3.8, 4) is 28.4 Å². The van der Waals surface area contributed by atoms with E-state index in [0.29, 0.717) is 13.2 Å². The van der Waals surface area contributed by atoms with Crippen molar-refractivity contribution in [1.29, 1.82) is 0 Å². The van der Waals surface area contributed by atoms with Crippen LogP contribution < -0.4 is 14.8 Å². The van der Waals surface area contributed by atoms with E-state index in [2.05, 4.69) is 39.4 Å². The highest BCUT2D eigenvalue weighted by Gasteiger charge is 2.23. The monoisotopic (exact) mass is 425 g/mol. The quantitative estimate of drug-likeness (QED) is 0.639. The fraction of sp³-hybridized carbons (Fsp3) is 0.286. The Hall–Kier alpha value is -2.47. The normalized spacial score (nSPS) is 15.6. The maximum Gasteiger partial charge on any atom is 0.163 e. The Morgan fingerprint density at radius 2 is 1.89 bits per heavy atom. The van der Waals surface area contributed by atoms with Gasteiger partial charge in [0.1, 0.15) is 19.0 Å². The molecule has 0 fully saturated rings. The maximum absolute atomic E-state index is 5.77. The van der Waals surface area contributed by atoms with E-state index in [0.717, 1.165) is 64.5 Å². The highest BCUT2D eigenvalue weighted by Crippen LogP contribution is 2.37. The van der Waals surface area contributed by atoms with E-state index >= 15 is 0 Å². The fourth-order valence-electron chi connectivity index (χ4n) is 3.72. The van der Waals surface area contributed by atoms with Gasteiger partial charge in [-0.05, 0) is 43.5 Å². The fourth-order valence-corrected chi connectivity index (χ4v) is 4.12. The number of nitrogens with one attached hydrogen (secondary N) is 1. The Balaban J connectivity index is 1.66. The molecule has 0 aliphatic carbocycles. The average Bonchev–Trinajstić information content (AvgIpc) is 2.89. The largest absolute Gasteiger partial charge is 0.486 e. The van der Waals surface area contributed by atoms with Crippen LogP contribution in [0.25, 0.3) is 16.9 Å². The number of hydrogen-bond donors (Lipinski definition) is 1. The van der Waals surface area contributed by atoms with Gasteiger partial charge < -0.3 is 14.8 Å². The second kappa shape index (κ2) is 6.93. The van der Waals surface area contributed by atoms with E-state index in [1.807, 2.05) is 28.9 Å². The first-order valence-corrected chi connectivity index (χ1v) is 10.1. The van der Waals surface area contributed by atoms with E-state index < -0.39 is 0 Å². The van der Waals surface area contributed by atoms with Crippen molar-refractivity contribution in [2.45, 2.75) is 19.3 Å². The lowest BCUT2D eigenvalue weighted by molar-refractivity contribution is 0.171. The van der Waals surface area contributed by atoms with Crippen LogP contribution >= 0.6 is 15.9 Å². The maximum atomic E-state index is 5.77. The zero-order valence-electron chi connectivity index (χ0n) is 14.9. The molecule has 1 N–H and O–H groups in total. The Morgan fingerprint density at radius 3 is 2.78 bits per heavy atom. The number of ether oxygens (including phenoxy) is 2. The summed E-state index contributed by atoms with van der Waals surface area (Å²) in [5, 5.41) is 8.59. The van der Waals surface area contributed by atoms with Gasteiger partial charge >= 0.3 is 0 Å². The standard InChI is InChI=1S/C21H20BrN3O2/c22-15-5-3-4-14(12-15)20-17-6-1-2-9-23-21(17)25(24-20)16-7-8-18-19(13-16)27-11-10-26-18/h3-5,7-8,12-13,23H,1-2,6,9-11H2. The van der Waals surface area contributed by atoms with E-state index in [9.17, 15) is 0 Å². The number of rotatable bonds is 2. The minimum absolute atomic E-state index is 0.579. The number of hydrogen-bond acceptors (Lipinski definition) is 4. The molecule has 0 amide bonds. The first kappa shape index (κ1) is 16.7. The molecule has 27 heavy (non-hydrogen) atoms. The first-order valence-electron chi connectivity index (χ1n) is 9.31. The summed E-state index contributed by atoms with van der Waals surface area (Å²) < 4.78 is 14.5. The van der Waals surface area contributed by atoms with Gasteiger partial charge in [-0.15, -0.1) is 0 Å². The average molecular weight is 426 g/mol. The number of aromatic nitrogens is 2. The molecule has 1 aromatic heterocycles. The van der Waals surface area contributed by atoms with Crippen molar-refractivity contribution in [3.63, 3.8) is 0 Å². The van der Waals surface area contributed by atoms with E-state index in [-0.39, 0.29) is 0 Å². The van der Waals surface area contributed by atoms with Crippen LogP contribution in [-0.4, -0.2) is 29.5 Å². The first-order chi connectivity index (χ1) is 13.3. The number of halogens is 1. The molecular formula is C21H20BrN3O2. The lowest BCUT2D eigenvalue weighted by Gasteiger charge is -2.19. The van der Waals surface area contributed by atoms with Gasteiger partial charge in [0, 0.05) is 28.2 Å². The van der Waals surface area contributed by atoms with Gasteiger partial charge in [0.15, 0.2) is 11.5 Å². The topological polar surface area (TPSA) is 48.3 Å². The molecule has 138 valence electrons. The number of fused-ring (bicyclic) bond motifs is 2. The highest BCUT2D eigenvalue weighted by atomic mass is 79.9. The number of anilines is 1. The van der Waals surface area contributed by atoms with Crippen LogP contribution in [0.5, 0.6) is 11.5 Å². The van der Waals surface area contributed by atoms with Crippen LogP contribution in [0.4, 0.5) is 5.82 Å². The predicted octanol–water partition coefficient (Wildman–Crippen LogP) is 4.82. The van der Waals surface area contributed by atoms with Crippen molar-refractivity contribution < 1.29 is 9.47 Å². The van der Waals surface area contributed by atoms with Crippen LogP contribution in [0.3, 0.4) is 0 Å². The van der Waals surface area contributed by atoms with Gasteiger partial charge in [-0.3, -0.25) is 0 Å². The second-order valence-corrected chi connectivity index (χ2v) is 7.73. The smallest absolute Gasteiger partial charge is 0.163 e. The summed E-state index contributed by atoms with van der Waals surface area (Å²) in [6.45, 7) is 2.13. The number of benzene rings is 2. The molecular weight excluding hydrogens is 406 g/mol. The molecule has 0 radical (unpaired) electrons. The molecule has 2 aliphatic heterocycles. The van der Waals surface area contributed by atoms with Crippen molar-refractivity contribution in [3.05, 3.63) is 52.5 Å². The van der Waals surface area contributed by atoms with Crippen molar-refractivity contribution >= 4 is 21.7 Å². The SMILES string of the molecule is Brc1cccc(-c2nn(-c3ccc4c(c3)OCCO4)c3c2CCCCN3)c1. The van der Waals surface area contributed by atoms with Crippen LogP contribution in [0.1, 0.15) is 18.4 Å². The highest BCUT2D eigenvalue weighted by molar-refractivity contribution is 9.10. The van der Waals surface area contributed by atoms with Gasteiger partial charge in [-0.2, -0.15) is 5.10 Å². The molecule has 5 rings (SSSR count). The summed E-state index contributed by atoms with van der Waals surface area (Å²) in [7, 11) is 0. The second-order valence-electron chi connectivity index (χ2n) is 6.81. The van der Waals surface area contributed by atoms with Crippen LogP contribution in [-0.2, 0) is 6.42 Å². The van der Waals surface area contributed by atoms with Gasteiger partial charge in [-0.1, -0.05) is 28.1 Å². The molecule has 0 unspecified atom stereocenters. The summed E-state index contributed by atoms with van der Waals surface area (Å²) in [4.78, 5) is 0. The third-order valence-corrected chi connectivity index (χ3v) is 5.49. The lowest BCUT2D eigenvalue weighted by atomic mass is 10.0. The minimum Gasteiger partial charge on any atom is -0.486 e.